The van der Waals surface area contributed by atoms with Gasteiger partial charge in [-0.2, -0.15) is 4.98 Å². The lowest BCUT2D eigenvalue weighted by Crippen LogP contribution is -2.36. The van der Waals surface area contributed by atoms with Crippen LogP contribution in [0.15, 0.2) is 47.4 Å². The first kappa shape index (κ1) is 28.3. The van der Waals surface area contributed by atoms with E-state index in [1.165, 1.54) is 6.07 Å². The van der Waals surface area contributed by atoms with Crippen LogP contribution in [-0.4, -0.2) is 72.8 Å². The Morgan fingerprint density at radius 2 is 1.79 bits per heavy atom. The Hall–Kier alpha value is -2.72. The second-order valence-electron chi connectivity index (χ2n) is 9.27. The Morgan fingerprint density at radius 3 is 2.45 bits per heavy atom. The van der Waals surface area contributed by atoms with Crippen molar-refractivity contribution in [2.45, 2.75) is 30.9 Å². The van der Waals surface area contributed by atoms with E-state index >= 15 is 0 Å². The standard InChI is InChI=1S/C25H32ClN6O4PS/c1-5-32-12-14-37(33,15-13-32)18-10-11-19(21(16-18)36-4)28-25-29-24(23(26)30-31-25)27-20-8-6-7-9-22(20)38(34,35)17(2)3/h6-11,16-17H,5,12-15H2,1-4H3,(H2,27,28,29,31). The lowest BCUT2D eigenvalue weighted by Gasteiger charge is -2.31. The van der Waals surface area contributed by atoms with E-state index < -0.39 is 22.2 Å². The molecule has 2 heterocycles. The maximum atomic E-state index is 13.6. The minimum atomic E-state index is -3.56. The number of nitrogens with one attached hydrogen (secondary N) is 2. The predicted molar refractivity (Wildman–Crippen MR) is 152 cm³/mol. The molecule has 0 amide bonds. The summed E-state index contributed by atoms with van der Waals surface area (Å²) in [5, 5.41) is 14.2. The van der Waals surface area contributed by atoms with Crippen LogP contribution in [-0.2, 0) is 14.4 Å². The van der Waals surface area contributed by atoms with Gasteiger partial charge in [-0.25, -0.2) is 8.42 Å². The van der Waals surface area contributed by atoms with Crippen LogP contribution >= 0.6 is 18.7 Å². The van der Waals surface area contributed by atoms with Gasteiger partial charge in [0.1, 0.15) is 12.9 Å². The van der Waals surface area contributed by atoms with Gasteiger partial charge in [0.15, 0.2) is 20.8 Å². The molecule has 1 fully saturated rings. The topological polar surface area (TPSA) is 126 Å². The number of rotatable bonds is 9. The van der Waals surface area contributed by atoms with Gasteiger partial charge in [-0.3, -0.25) is 0 Å². The molecule has 0 radical (unpaired) electrons. The van der Waals surface area contributed by atoms with Gasteiger partial charge >= 0.3 is 0 Å². The van der Waals surface area contributed by atoms with E-state index in [1.54, 1.807) is 51.3 Å². The van der Waals surface area contributed by atoms with E-state index in [2.05, 4.69) is 37.6 Å². The third-order valence-electron chi connectivity index (χ3n) is 6.62. The summed E-state index contributed by atoms with van der Waals surface area (Å²) in [6.45, 7) is 7.95. The third-order valence-corrected chi connectivity index (χ3v) is 12.1. The molecule has 0 atom stereocenters. The average Bonchev–Trinajstić information content (AvgIpc) is 2.91. The largest absolute Gasteiger partial charge is 0.495 e. The van der Waals surface area contributed by atoms with E-state index in [-0.39, 0.29) is 21.8 Å². The lowest BCUT2D eigenvalue weighted by atomic mass is 10.3. The van der Waals surface area contributed by atoms with Crippen LogP contribution in [0.4, 0.5) is 23.1 Å². The lowest BCUT2D eigenvalue weighted by molar-refractivity contribution is 0.312. The fourth-order valence-corrected chi connectivity index (χ4v) is 8.19. The molecule has 38 heavy (non-hydrogen) atoms. The van der Waals surface area contributed by atoms with Crippen LogP contribution in [0.5, 0.6) is 5.75 Å². The Balaban J connectivity index is 1.59. The molecule has 0 aliphatic carbocycles. The van der Waals surface area contributed by atoms with E-state index in [4.69, 9.17) is 16.3 Å². The molecule has 1 aromatic heterocycles. The van der Waals surface area contributed by atoms with Crippen molar-refractivity contribution in [3.63, 3.8) is 0 Å². The summed E-state index contributed by atoms with van der Waals surface area (Å²) < 4.78 is 44.9. The van der Waals surface area contributed by atoms with Crippen molar-refractivity contribution >= 4 is 57.0 Å². The zero-order chi connectivity index (χ0) is 27.5. The Bertz CT molecular complexity index is 1460. The zero-order valence-corrected chi connectivity index (χ0v) is 24.3. The van der Waals surface area contributed by atoms with Gasteiger partial charge in [0, 0.05) is 30.7 Å². The summed E-state index contributed by atoms with van der Waals surface area (Å²) in [7, 11) is -4.52. The van der Waals surface area contributed by atoms with Gasteiger partial charge in [0.2, 0.25) is 5.95 Å². The van der Waals surface area contributed by atoms with Crippen molar-refractivity contribution in [2.24, 2.45) is 0 Å². The number of methoxy groups -OCH3 is 1. The molecular formula is C25H32ClN6O4PS. The number of hydrogen-bond donors (Lipinski definition) is 2. The van der Waals surface area contributed by atoms with E-state index in [0.29, 0.717) is 29.4 Å². The highest BCUT2D eigenvalue weighted by Gasteiger charge is 2.30. The molecule has 204 valence electrons. The molecule has 10 nitrogen and oxygen atoms in total. The number of ether oxygens (including phenoxy) is 1. The van der Waals surface area contributed by atoms with Crippen molar-refractivity contribution in [3.8, 4) is 5.75 Å². The molecule has 0 unspecified atom stereocenters. The second kappa shape index (κ2) is 11.6. The molecule has 0 saturated carbocycles. The summed E-state index contributed by atoms with van der Waals surface area (Å²) in [6, 6.07) is 12.0. The molecule has 2 N–H and O–H groups in total. The third kappa shape index (κ3) is 5.96. The Morgan fingerprint density at radius 1 is 1.08 bits per heavy atom. The van der Waals surface area contributed by atoms with Gasteiger partial charge in [-0.1, -0.05) is 30.7 Å². The van der Waals surface area contributed by atoms with Gasteiger partial charge in [0.05, 0.1) is 28.6 Å². The van der Waals surface area contributed by atoms with Crippen LogP contribution in [0, 0.1) is 0 Å². The molecule has 13 heteroatoms. The van der Waals surface area contributed by atoms with Gasteiger partial charge < -0.3 is 24.8 Å². The summed E-state index contributed by atoms with van der Waals surface area (Å²) in [5.41, 5.74) is 0.892. The number of nitrogens with zero attached hydrogens (tertiary/aromatic N) is 4. The molecule has 1 saturated heterocycles. The first-order chi connectivity index (χ1) is 18.1. The SMILES string of the molecule is CCN1CCP(=O)(c2ccc(Nc3nnc(Cl)c(Nc4ccccc4S(=O)(=O)C(C)C)n3)c(OC)c2)CC1. The highest BCUT2D eigenvalue weighted by molar-refractivity contribution is 7.92. The number of aromatic nitrogens is 3. The number of benzene rings is 2. The van der Waals surface area contributed by atoms with Crippen LogP contribution in [0.25, 0.3) is 0 Å². The highest BCUT2D eigenvalue weighted by atomic mass is 35.5. The van der Waals surface area contributed by atoms with Crippen molar-refractivity contribution in [2.75, 3.05) is 49.7 Å². The van der Waals surface area contributed by atoms with Crippen LogP contribution < -0.4 is 20.7 Å². The summed E-state index contributed by atoms with van der Waals surface area (Å²) in [4.78, 5) is 6.85. The Labute approximate surface area is 228 Å². The molecule has 1 aliphatic rings. The van der Waals surface area contributed by atoms with Crippen LogP contribution in [0.2, 0.25) is 5.15 Å². The minimum absolute atomic E-state index is 0.0221. The molecule has 0 bridgehead atoms. The summed E-state index contributed by atoms with van der Waals surface area (Å²) in [6.07, 6.45) is 1.29. The number of hydrogen-bond acceptors (Lipinski definition) is 10. The smallest absolute Gasteiger partial charge is 0.249 e. The average molecular weight is 579 g/mol. The minimum Gasteiger partial charge on any atom is -0.495 e. The van der Waals surface area contributed by atoms with E-state index in [0.717, 1.165) is 24.9 Å². The molecule has 1 aliphatic heterocycles. The zero-order valence-electron chi connectivity index (χ0n) is 21.8. The maximum absolute atomic E-state index is 13.6. The first-order valence-electron chi connectivity index (χ1n) is 12.3. The van der Waals surface area contributed by atoms with Crippen molar-refractivity contribution in [1.29, 1.82) is 0 Å². The van der Waals surface area contributed by atoms with Crippen molar-refractivity contribution in [3.05, 3.63) is 47.6 Å². The quantitative estimate of drug-likeness (QED) is 0.350. The summed E-state index contributed by atoms with van der Waals surface area (Å²) in [5.74, 6) is 0.755. The predicted octanol–water partition coefficient (Wildman–Crippen LogP) is 4.53. The van der Waals surface area contributed by atoms with E-state index in [9.17, 15) is 13.0 Å². The maximum Gasteiger partial charge on any atom is 0.249 e. The fraction of sp³-hybridized carbons (Fsp3) is 0.400. The second-order valence-corrected chi connectivity index (χ2v) is 15.3. The normalized spacial score (nSPS) is 15.8. The number of halogens is 1. The molecule has 0 spiro atoms. The van der Waals surface area contributed by atoms with Gasteiger partial charge in [0.25, 0.3) is 0 Å². The number of anilines is 4. The fourth-order valence-electron chi connectivity index (χ4n) is 4.21. The van der Waals surface area contributed by atoms with Crippen molar-refractivity contribution < 1.29 is 17.7 Å². The number of para-hydroxylation sites is 1. The first-order valence-corrected chi connectivity index (χ1v) is 16.3. The van der Waals surface area contributed by atoms with E-state index in [1.807, 2.05) is 6.07 Å². The highest BCUT2D eigenvalue weighted by Crippen LogP contribution is 2.47. The summed E-state index contributed by atoms with van der Waals surface area (Å²) >= 11 is 6.24. The van der Waals surface area contributed by atoms with Crippen LogP contribution in [0.1, 0.15) is 20.8 Å². The Kier molecular flexibility index (Phi) is 8.62. The van der Waals surface area contributed by atoms with Crippen LogP contribution in [0.3, 0.4) is 0 Å². The molecule has 2 aromatic carbocycles. The molecule has 4 rings (SSSR count). The van der Waals surface area contributed by atoms with Gasteiger partial charge in [-0.15, -0.1) is 10.2 Å². The monoisotopic (exact) mass is 578 g/mol. The molecular weight excluding hydrogens is 547 g/mol. The van der Waals surface area contributed by atoms with Gasteiger partial charge in [-0.05, 0) is 50.7 Å². The van der Waals surface area contributed by atoms with Crippen molar-refractivity contribution in [1.82, 2.24) is 20.1 Å². The number of sulfone groups is 1. The molecule has 3 aromatic rings.